The van der Waals surface area contributed by atoms with Crippen molar-refractivity contribution >= 4 is 17.6 Å². The molecule has 1 aromatic rings. The Bertz CT molecular complexity index is 488. The third-order valence-electron chi connectivity index (χ3n) is 4.73. The summed E-state index contributed by atoms with van der Waals surface area (Å²) >= 11 is 5.84. The highest BCUT2D eigenvalue weighted by Crippen LogP contribution is 2.32. The van der Waals surface area contributed by atoms with E-state index in [1.54, 1.807) is 0 Å². The van der Waals surface area contributed by atoms with Crippen molar-refractivity contribution in [1.29, 1.82) is 0 Å². The minimum Gasteiger partial charge on any atom is -0.460 e. The van der Waals surface area contributed by atoms with Crippen molar-refractivity contribution in [2.24, 2.45) is 5.92 Å². The summed E-state index contributed by atoms with van der Waals surface area (Å²) in [5.41, 5.74) is 0.971. The predicted octanol–water partition coefficient (Wildman–Crippen LogP) is 3.69. The van der Waals surface area contributed by atoms with Crippen LogP contribution in [0.1, 0.15) is 44.1 Å². The Kier molecular flexibility index (Phi) is 4.81. The number of hydrogen-bond donors (Lipinski definition) is 1. The molecule has 0 amide bonds. The third-order valence-corrected chi connectivity index (χ3v) is 4.98. The van der Waals surface area contributed by atoms with Crippen molar-refractivity contribution < 1.29 is 9.53 Å². The number of ether oxygens (including phenoxy) is 1. The van der Waals surface area contributed by atoms with Crippen molar-refractivity contribution in [2.75, 3.05) is 0 Å². The van der Waals surface area contributed by atoms with E-state index in [9.17, 15) is 4.79 Å². The molecule has 0 aromatic heterocycles. The first-order chi connectivity index (χ1) is 10.2. The second-order valence-electron chi connectivity index (χ2n) is 6.18. The molecule has 1 aliphatic carbocycles. The molecule has 21 heavy (non-hydrogen) atoms. The first kappa shape index (κ1) is 14.9. The average molecular weight is 308 g/mol. The lowest BCUT2D eigenvalue weighted by atomic mass is 9.78. The molecular formula is C17H22ClNO2. The summed E-state index contributed by atoms with van der Waals surface area (Å²) in [4.78, 5) is 12.2. The van der Waals surface area contributed by atoms with Crippen molar-refractivity contribution in [3.63, 3.8) is 0 Å². The molecule has 114 valence electrons. The second kappa shape index (κ2) is 6.80. The molecule has 1 aromatic carbocycles. The van der Waals surface area contributed by atoms with Gasteiger partial charge in [-0.3, -0.25) is 4.79 Å². The van der Waals surface area contributed by atoms with Crippen LogP contribution in [0.3, 0.4) is 0 Å². The minimum absolute atomic E-state index is 0.117. The van der Waals surface area contributed by atoms with Gasteiger partial charge in [0.05, 0.1) is 0 Å². The highest BCUT2D eigenvalue weighted by atomic mass is 35.5. The summed E-state index contributed by atoms with van der Waals surface area (Å²) in [5, 5.41) is 4.20. The van der Waals surface area contributed by atoms with Gasteiger partial charge in [-0.25, -0.2) is 0 Å². The van der Waals surface area contributed by atoms with E-state index in [0.29, 0.717) is 17.7 Å². The molecule has 1 saturated carbocycles. The average Bonchev–Trinajstić information content (AvgIpc) is 2.53. The number of esters is 1. The summed E-state index contributed by atoms with van der Waals surface area (Å²) in [7, 11) is 0. The third kappa shape index (κ3) is 3.78. The van der Waals surface area contributed by atoms with Gasteiger partial charge in [-0.05, 0) is 49.3 Å². The Morgan fingerprint density at radius 2 is 1.90 bits per heavy atom. The van der Waals surface area contributed by atoms with E-state index in [1.165, 1.54) is 25.7 Å². The van der Waals surface area contributed by atoms with Gasteiger partial charge in [0.25, 0.3) is 0 Å². The summed E-state index contributed by atoms with van der Waals surface area (Å²) in [6.45, 7) is 0.322. The number of hydrogen-bond acceptors (Lipinski definition) is 3. The zero-order valence-electron chi connectivity index (χ0n) is 12.2. The summed E-state index contributed by atoms with van der Waals surface area (Å²) in [6, 6.07) is 7.80. The van der Waals surface area contributed by atoms with Crippen LogP contribution >= 0.6 is 11.6 Å². The molecule has 0 spiro atoms. The van der Waals surface area contributed by atoms with Gasteiger partial charge in [-0.15, -0.1) is 0 Å². The summed E-state index contributed by atoms with van der Waals surface area (Å²) in [5.74, 6) is 0.646. The maximum atomic E-state index is 12.2. The number of fused-ring (bicyclic) bond motifs is 1. The Morgan fingerprint density at radius 3 is 2.71 bits per heavy atom. The maximum absolute atomic E-state index is 12.2. The number of piperidine rings is 1. The van der Waals surface area contributed by atoms with Crippen LogP contribution in [0.5, 0.6) is 0 Å². The van der Waals surface area contributed by atoms with Crippen molar-refractivity contribution in [3.05, 3.63) is 34.9 Å². The van der Waals surface area contributed by atoms with Crippen molar-refractivity contribution in [2.45, 2.75) is 57.2 Å². The van der Waals surface area contributed by atoms with Gasteiger partial charge in [0.1, 0.15) is 12.6 Å². The number of halogens is 1. The highest BCUT2D eigenvalue weighted by Gasteiger charge is 2.35. The standard InChI is InChI=1S/C17H22ClNO2/c18-14-8-5-12(6-9-14)11-21-17(20)16-10-7-13-3-1-2-4-15(13)19-16/h5-6,8-9,13,15-16,19H,1-4,7,10-11H2. The molecule has 2 aliphatic rings. The number of carbonyl (C=O) groups is 1. The fourth-order valence-corrected chi connectivity index (χ4v) is 3.64. The Hall–Kier alpha value is -1.06. The van der Waals surface area contributed by atoms with Gasteiger partial charge < -0.3 is 10.1 Å². The fraction of sp³-hybridized carbons (Fsp3) is 0.588. The number of carbonyl (C=O) groups excluding carboxylic acids is 1. The summed E-state index contributed by atoms with van der Waals surface area (Å²) < 4.78 is 5.44. The lowest BCUT2D eigenvalue weighted by Crippen LogP contribution is -2.52. The van der Waals surface area contributed by atoms with E-state index in [-0.39, 0.29) is 12.0 Å². The van der Waals surface area contributed by atoms with Gasteiger partial charge in [0, 0.05) is 11.1 Å². The largest absolute Gasteiger partial charge is 0.460 e. The van der Waals surface area contributed by atoms with Crippen LogP contribution in [0.4, 0.5) is 0 Å². The number of rotatable bonds is 3. The zero-order valence-corrected chi connectivity index (χ0v) is 12.9. The lowest BCUT2D eigenvalue weighted by molar-refractivity contribution is -0.149. The lowest BCUT2D eigenvalue weighted by Gasteiger charge is -2.39. The fourth-order valence-electron chi connectivity index (χ4n) is 3.52. The van der Waals surface area contributed by atoms with Crippen LogP contribution in [0, 0.1) is 5.92 Å². The topological polar surface area (TPSA) is 38.3 Å². The Balaban J connectivity index is 1.50. The van der Waals surface area contributed by atoms with Crippen LogP contribution in [0.25, 0.3) is 0 Å². The molecule has 0 bridgehead atoms. The van der Waals surface area contributed by atoms with Crippen LogP contribution in [0.2, 0.25) is 5.02 Å². The smallest absolute Gasteiger partial charge is 0.323 e. The SMILES string of the molecule is O=C(OCc1ccc(Cl)cc1)C1CCC2CCCCC2N1. The molecule has 3 unspecified atom stereocenters. The first-order valence-electron chi connectivity index (χ1n) is 7.89. The molecule has 1 aliphatic heterocycles. The number of benzene rings is 1. The van der Waals surface area contributed by atoms with E-state index in [0.717, 1.165) is 24.3 Å². The number of nitrogens with one attached hydrogen (secondary N) is 1. The van der Waals surface area contributed by atoms with Crippen molar-refractivity contribution in [3.8, 4) is 0 Å². The molecule has 3 nitrogen and oxygen atoms in total. The monoisotopic (exact) mass is 307 g/mol. The van der Waals surface area contributed by atoms with Gasteiger partial charge in [-0.1, -0.05) is 36.6 Å². The Morgan fingerprint density at radius 1 is 1.14 bits per heavy atom. The molecule has 3 atom stereocenters. The molecule has 2 fully saturated rings. The van der Waals surface area contributed by atoms with E-state index in [4.69, 9.17) is 16.3 Å². The van der Waals surface area contributed by atoms with E-state index in [1.807, 2.05) is 24.3 Å². The molecule has 1 N–H and O–H groups in total. The minimum atomic E-state index is -0.128. The molecule has 3 rings (SSSR count). The van der Waals surface area contributed by atoms with Crippen LogP contribution in [0.15, 0.2) is 24.3 Å². The van der Waals surface area contributed by atoms with Crippen molar-refractivity contribution in [1.82, 2.24) is 5.32 Å². The van der Waals surface area contributed by atoms with Crippen LogP contribution < -0.4 is 5.32 Å². The quantitative estimate of drug-likeness (QED) is 0.865. The van der Waals surface area contributed by atoms with Crippen LogP contribution in [-0.2, 0) is 16.1 Å². The maximum Gasteiger partial charge on any atom is 0.323 e. The predicted molar refractivity (Wildman–Crippen MR) is 83.2 cm³/mol. The zero-order chi connectivity index (χ0) is 14.7. The molecule has 4 heteroatoms. The molecule has 1 heterocycles. The van der Waals surface area contributed by atoms with Crippen LogP contribution in [-0.4, -0.2) is 18.1 Å². The molecule has 0 radical (unpaired) electrons. The first-order valence-corrected chi connectivity index (χ1v) is 8.27. The normalized spacial score (nSPS) is 28.7. The van der Waals surface area contributed by atoms with Gasteiger partial charge in [-0.2, -0.15) is 0 Å². The summed E-state index contributed by atoms with van der Waals surface area (Å²) in [6.07, 6.45) is 7.18. The Labute approximate surface area is 131 Å². The van der Waals surface area contributed by atoms with E-state index >= 15 is 0 Å². The van der Waals surface area contributed by atoms with Gasteiger partial charge >= 0.3 is 5.97 Å². The second-order valence-corrected chi connectivity index (χ2v) is 6.62. The van der Waals surface area contributed by atoms with Gasteiger partial charge in [0.15, 0.2) is 0 Å². The van der Waals surface area contributed by atoms with Gasteiger partial charge in [0.2, 0.25) is 0 Å². The highest BCUT2D eigenvalue weighted by molar-refractivity contribution is 6.30. The van der Waals surface area contributed by atoms with E-state index in [2.05, 4.69) is 5.32 Å². The molecular weight excluding hydrogens is 286 g/mol. The molecule has 1 saturated heterocycles. The van der Waals surface area contributed by atoms with E-state index < -0.39 is 0 Å².